The standard InChI is InChI=1S/C11H10BrFO3/c1-6(14)7-5-8-11(9(12)10(7)13)16-4-2-3-15-8/h5H,2-4H2,1H3. The van der Waals surface area contributed by atoms with Gasteiger partial charge in [0.05, 0.1) is 23.2 Å². The average molecular weight is 289 g/mol. The lowest BCUT2D eigenvalue weighted by atomic mass is 10.1. The van der Waals surface area contributed by atoms with Crippen molar-refractivity contribution in [2.75, 3.05) is 13.2 Å². The Labute approximate surface area is 101 Å². The minimum Gasteiger partial charge on any atom is -0.489 e. The van der Waals surface area contributed by atoms with Gasteiger partial charge in [-0.1, -0.05) is 0 Å². The predicted molar refractivity (Wildman–Crippen MR) is 59.7 cm³/mol. The van der Waals surface area contributed by atoms with Gasteiger partial charge in [0.25, 0.3) is 0 Å². The zero-order valence-corrected chi connectivity index (χ0v) is 10.3. The minimum absolute atomic E-state index is 0.0103. The molecule has 0 saturated heterocycles. The fourth-order valence-electron chi connectivity index (χ4n) is 1.50. The van der Waals surface area contributed by atoms with Crippen LogP contribution in [0.2, 0.25) is 0 Å². The smallest absolute Gasteiger partial charge is 0.178 e. The first kappa shape index (κ1) is 11.4. The van der Waals surface area contributed by atoms with Gasteiger partial charge in [0.2, 0.25) is 0 Å². The van der Waals surface area contributed by atoms with E-state index in [1.54, 1.807) is 0 Å². The number of carbonyl (C=O) groups excluding carboxylic acids is 1. The summed E-state index contributed by atoms with van der Waals surface area (Å²) in [7, 11) is 0. The highest BCUT2D eigenvalue weighted by Crippen LogP contribution is 2.40. The highest BCUT2D eigenvalue weighted by atomic mass is 79.9. The second-order valence-electron chi connectivity index (χ2n) is 3.49. The van der Waals surface area contributed by atoms with Crippen LogP contribution in [0.4, 0.5) is 4.39 Å². The van der Waals surface area contributed by atoms with E-state index in [-0.39, 0.29) is 15.8 Å². The maximum atomic E-state index is 13.8. The Hall–Kier alpha value is -1.10. The summed E-state index contributed by atoms with van der Waals surface area (Å²) in [6.45, 7) is 2.29. The number of fused-ring (bicyclic) bond motifs is 1. The van der Waals surface area contributed by atoms with E-state index in [0.29, 0.717) is 24.7 Å². The van der Waals surface area contributed by atoms with Crippen molar-refractivity contribution in [2.24, 2.45) is 0 Å². The molecule has 1 heterocycles. The number of halogens is 2. The summed E-state index contributed by atoms with van der Waals surface area (Å²) >= 11 is 3.09. The van der Waals surface area contributed by atoms with Crippen molar-refractivity contribution in [3.8, 4) is 11.5 Å². The molecule has 1 aliphatic rings. The topological polar surface area (TPSA) is 35.5 Å². The van der Waals surface area contributed by atoms with Gasteiger partial charge in [-0.3, -0.25) is 4.79 Å². The van der Waals surface area contributed by atoms with Crippen molar-refractivity contribution >= 4 is 21.7 Å². The van der Waals surface area contributed by atoms with E-state index in [9.17, 15) is 9.18 Å². The molecule has 2 rings (SSSR count). The van der Waals surface area contributed by atoms with Crippen molar-refractivity contribution in [3.63, 3.8) is 0 Å². The largest absolute Gasteiger partial charge is 0.489 e. The molecule has 0 aliphatic carbocycles. The maximum absolute atomic E-state index is 13.8. The Bertz CT molecular complexity index is 445. The molecule has 0 bridgehead atoms. The van der Waals surface area contributed by atoms with Gasteiger partial charge in [-0.25, -0.2) is 4.39 Å². The first-order valence-electron chi connectivity index (χ1n) is 4.90. The lowest BCUT2D eigenvalue weighted by Crippen LogP contribution is -2.02. The van der Waals surface area contributed by atoms with Gasteiger partial charge < -0.3 is 9.47 Å². The van der Waals surface area contributed by atoms with Gasteiger partial charge in [-0.05, 0) is 28.9 Å². The molecule has 1 aromatic carbocycles. The zero-order chi connectivity index (χ0) is 11.7. The fourth-order valence-corrected chi connectivity index (χ4v) is 2.02. The molecule has 0 radical (unpaired) electrons. The van der Waals surface area contributed by atoms with Gasteiger partial charge in [0.1, 0.15) is 0 Å². The van der Waals surface area contributed by atoms with Crippen LogP contribution in [0.5, 0.6) is 11.5 Å². The molecule has 0 N–H and O–H groups in total. The summed E-state index contributed by atoms with van der Waals surface area (Å²) in [5, 5.41) is 0. The Morgan fingerprint density at radius 1 is 1.44 bits per heavy atom. The van der Waals surface area contributed by atoms with Crippen molar-refractivity contribution in [3.05, 3.63) is 21.9 Å². The van der Waals surface area contributed by atoms with E-state index in [1.807, 2.05) is 0 Å². The molecule has 0 amide bonds. The second kappa shape index (κ2) is 4.41. The van der Waals surface area contributed by atoms with Crippen LogP contribution in [0.1, 0.15) is 23.7 Å². The molecule has 0 saturated carbocycles. The van der Waals surface area contributed by atoms with Crippen LogP contribution >= 0.6 is 15.9 Å². The number of benzene rings is 1. The number of hydrogen-bond acceptors (Lipinski definition) is 3. The van der Waals surface area contributed by atoms with E-state index in [4.69, 9.17) is 9.47 Å². The molecule has 0 atom stereocenters. The van der Waals surface area contributed by atoms with Gasteiger partial charge in [0, 0.05) is 6.42 Å². The molecular weight excluding hydrogens is 279 g/mol. The van der Waals surface area contributed by atoms with Crippen LogP contribution in [-0.2, 0) is 0 Å². The highest BCUT2D eigenvalue weighted by Gasteiger charge is 2.22. The molecule has 1 aliphatic heterocycles. The number of hydrogen-bond donors (Lipinski definition) is 0. The minimum atomic E-state index is -0.600. The molecule has 86 valence electrons. The molecular formula is C11H10BrFO3. The normalized spacial score (nSPS) is 14.4. The summed E-state index contributed by atoms with van der Waals surface area (Å²) in [6, 6.07) is 1.39. The molecule has 16 heavy (non-hydrogen) atoms. The van der Waals surface area contributed by atoms with Crippen LogP contribution in [0.3, 0.4) is 0 Å². The van der Waals surface area contributed by atoms with E-state index < -0.39 is 5.82 Å². The van der Waals surface area contributed by atoms with Gasteiger partial charge in [-0.2, -0.15) is 0 Å². The summed E-state index contributed by atoms with van der Waals surface area (Å²) in [6.07, 6.45) is 0.734. The van der Waals surface area contributed by atoms with Gasteiger partial charge in [-0.15, -0.1) is 0 Å². The van der Waals surface area contributed by atoms with Crippen molar-refractivity contribution in [1.29, 1.82) is 0 Å². The third-order valence-electron chi connectivity index (χ3n) is 2.30. The monoisotopic (exact) mass is 288 g/mol. The van der Waals surface area contributed by atoms with Crippen molar-refractivity contribution in [1.82, 2.24) is 0 Å². The summed E-state index contributed by atoms with van der Waals surface area (Å²) in [4.78, 5) is 11.2. The number of rotatable bonds is 1. The van der Waals surface area contributed by atoms with Crippen LogP contribution in [-0.4, -0.2) is 19.0 Å². The molecule has 0 fully saturated rings. The fraction of sp³-hybridized carbons (Fsp3) is 0.364. The summed E-state index contributed by atoms with van der Waals surface area (Å²) in [5.74, 6) is -0.193. The Kier molecular flexibility index (Phi) is 3.14. The molecule has 0 unspecified atom stereocenters. The third-order valence-corrected chi connectivity index (χ3v) is 3.01. The first-order chi connectivity index (χ1) is 7.61. The second-order valence-corrected chi connectivity index (χ2v) is 4.28. The SMILES string of the molecule is CC(=O)c1cc2c(c(Br)c1F)OCCCO2. The Morgan fingerprint density at radius 3 is 2.81 bits per heavy atom. The van der Waals surface area contributed by atoms with E-state index in [0.717, 1.165) is 6.42 Å². The predicted octanol–water partition coefficient (Wildman–Crippen LogP) is 2.95. The van der Waals surface area contributed by atoms with Crippen LogP contribution < -0.4 is 9.47 Å². The van der Waals surface area contributed by atoms with Crippen molar-refractivity contribution in [2.45, 2.75) is 13.3 Å². The van der Waals surface area contributed by atoms with Gasteiger partial charge >= 0.3 is 0 Å². The number of ketones is 1. The van der Waals surface area contributed by atoms with Crippen LogP contribution in [0.15, 0.2) is 10.5 Å². The number of ether oxygens (including phenoxy) is 2. The van der Waals surface area contributed by atoms with E-state index in [1.165, 1.54) is 13.0 Å². The van der Waals surface area contributed by atoms with E-state index in [2.05, 4.69) is 15.9 Å². The summed E-state index contributed by atoms with van der Waals surface area (Å²) in [5.41, 5.74) is 0.0103. The highest BCUT2D eigenvalue weighted by molar-refractivity contribution is 9.10. The van der Waals surface area contributed by atoms with E-state index >= 15 is 0 Å². The first-order valence-corrected chi connectivity index (χ1v) is 5.69. The molecule has 5 heteroatoms. The number of carbonyl (C=O) groups is 1. The maximum Gasteiger partial charge on any atom is 0.178 e. The molecule has 0 aromatic heterocycles. The van der Waals surface area contributed by atoms with Gasteiger partial charge in [0.15, 0.2) is 23.1 Å². The number of Topliss-reactive ketones (excluding diaryl/α,β-unsaturated/α-hetero) is 1. The Balaban J connectivity index is 2.59. The molecule has 0 spiro atoms. The zero-order valence-electron chi connectivity index (χ0n) is 8.68. The van der Waals surface area contributed by atoms with Crippen LogP contribution in [0, 0.1) is 5.82 Å². The summed E-state index contributed by atoms with van der Waals surface area (Å²) < 4.78 is 24.7. The molecule has 3 nitrogen and oxygen atoms in total. The Morgan fingerprint density at radius 2 is 2.12 bits per heavy atom. The molecule has 1 aromatic rings. The average Bonchev–Trinajstić information content (AvgIpc) is 2.48. The van der Waals surface area contributed by atoms with Crippen molar-refractivity contribution < 1.29 is 18.7 Å². The third kappa shape index (κ3) is 1.91. The lowest BCUT2D eigenvalue weighted by Gasteiger charge is -2.11. The van der Waals surface area contributed by atoms with Crippen LogP contribution in [0.25, 0.3) is 0 Å². The lowest BCUT2D eigenvalue weighted by molar-refractivity contribution is 0.101. The quantitative estimate of drug-likeness (QED) is 0.746.